The molecule has 1 aliphatic heterocycles. The standard InChI is InChI=1S/C22H26N2O5/c1-14-19(23-13-27-14)22(2,16-6-4-3-5-7-16)29-17-10-8-15(9-11-17)12-18-20(25)28-21(26)24-18/h8-11,13,16,18H,3-7,12H2,1-2H3,(H,24,26). The number of aromatic nitrogens is 1. The summed E-state index contributed by atoms with van der Waals surface area (Å²) in [6.45, 7) is 4.02. The Kier molecular flexibility index (Phi) is 5.30. The molecule has 2 unspecified atom stereocenters. The van der Waals surface area contributed by atoms with Gasteiger partial charge >= 0.3 is 12.1 Å². The van der Waals surface area contributed by atoms with E-state index in [4.69, 9.17) is 9.15 Å². The molecule has 7 nitrogen and oxygen atoms in total. The molecule has 1 saturated carbocycles. The lowest BCUT2D eigenvalue weighted by atomic mass is 9.75. The van der Waals surface area contributed by atoms with Gasteiger partial charge in [0, 0.05) is 12.3 Å². The highest BCUT2D eigenvalue weighted by Gasteiger charge is 2.42. The molecule has 1 saturated heterocycles. The number of rotatable bonds is 6. The first kappa shape index (κ1) is 19.5. The van der Waals surface area contributed by atoms with Crippen LogP contribution >= 0.6 is 0 Å². The third-order valence-electron chi connectivity index (χ3n) is 6.06. The van der Waals surface area contributed by atoms with Crippen molar-refractivity contribution in [1.29, 1.82) is 0 Å². The number of hydrogen-bond acceptors (Lipinski definition) is 6. The Morgan fingerprint density at radius 3 is 2.48 bits per heavy atom. The first-order valence-electron chi connectivity index (χ1n) is 10.2. The van der Waals surface area contributed by atoms with Crippen molar-refractivity contribution in [3.63, 3.8) is 0 Å². The number of ether oxygens (including phenoxy) is 2. The number of aryl methyl sites for hydroxylation is 1. The van der Waals surface area contributed by atoms with Gasteiger partial charge in [-0.05, 0) is 44.4 Å². The van der Waals surface area contributed by atoms with Crippen LogP contribution in [0.3, 0.4) is 0 Å². The number of alkyl carbamates (subject to hydrolysis) is 1. The number of carbonyl (C=O) groups is 2. The van der Waals surface area contributed by atoms with Crippen molar-refractivity contribution in [3.8, 4) is 5.75 Å². The summed E-state index contributed by atoms with van der Waals surface area (Å²) in [6, 6.07) is 6.97. The zero-order valence-corrected chi connectivity index (χ0v) is 16.8. The Hall–Kier alpha value is -2.83. The van der Waals surface area contributed by atoms with Crippen LogP contribution in [0.25, 0.3) is 0 Å². The Balaban J connectivity index is 1.52. The van der Waals surface area contributed by atoms with Crippen molar-refractivity contribution in [1.82, 2.24) is 10.3 Å². The second-order valence-corrected chi connectivity index (χ2v) is 8.05. The van der Waals surface area contributed by atoms with E-state index < -0.39 is 23.7 Å². The van der Waals surface area contributed by atoms with Gasteiger partial charge in [-0.2, -0.15) is 0 Å². The molecule has 29 heavy (non-hydrogen) atoms. The number of nitrogens with one attached hydrogen (secondary N) is 1. The Morgan fingerprint density at radius 1 is 1.17 bits per heavy atom. The van der Waals surface area contributed by atoms with Crippen LogP contribution in [0.1, 0.15) is 56.0 Å². The molecule has 2 heterocycles. The third kappa shape index (κ3) is 3.99. The molecule has 4 rings (SSSR count). The number of nitrogens with zero attached hydrogens (tertiary/aromatic N) is 1. The van der Waals surface area contributed by atoms with Crippen LogP contribution in [-0.2, 0) is 21.6 Å². The second-order valence-electron chi connectivity index (χ2n) is 8.05. The molecule has 2 aliphatic rings. The topological polar surface area (TPSA) is 90.7 Å². The van der Waals surface area contributed by atoms with Crippen LogP contribution in [0, 0.1) is 12.8 Å². The molecule has 2 fully saturated rings. The molecule has 0 spiro atoms. The minimum atomic E-state index is -0.689. The van der Waals surface area contributed by atoms with Crippen LogP contribution in [-0.4, -0.2) is 23.1 Å². The summed E-state index contributed by atoms with van der Waals surface area (Å²) in [5.74, 6) is 1.34. The third-order valence-corrected chi connectivity index (χ3v) is 6.06. The zero-order valence-electron chi connectivity index (χ0n) is 16.8. The Labute approximate surface area is 169 Å². The van der Waals surface area contributed by atoms with Crippen LogP contribution in [0.15, 0.2) is 35.1 Å². The summed E-state index contributed by atoms with van der Waals surface area (Å²) in [6.07, 6.45) is 7.03. The van der Waals surface area contributed by atoms with Gasteiger partial charge in [0.15, 0.2) is 12.0 Å². The highest BCUT2D eigenvalue weighted by molar-refractivity contribution is 5.95. The molecule has 154 valence electrons. The van der Waals surface area contributed by atoms with Crippen molar-refractivity contribution >= 4 is 12.1 Å². The van der Waals surface area contributed by atoms with Gasteiger partial charge in [0.1, 0.15) is 23.2 Å². The van der Waals surface area contributed by atoms with Crippen LogP contribution in [0.2, 0.25) is 0 Å². The number of oxazole rings is 1. The van der Waals surface area contributed by atoms with E-state index in [9.17, 15) is 9.59 Å². The second kappa shape index (κ2) is 7.89. The van der Waals surface area contributed by atoms with Crippen molar-refractivity contribution < 1.29 is 23.5 Å². The predicted molar refractivity (Wildman–Crippen MR) is 104 cm³/mol. The normalized spacial score (nSPS) is 22.1. The molecule has 1 aliphatic carbocycles. The van der Waals surface area contributed by atoms with Gasteiger partial charge in [-0.1, -0.05) is 31.4 Å². The van der Waals surface area contributed by atoms with E-state index in [-0.39, 0.29) is 0 Å². The average molecular weight is 398 g/mol. The molecule has 0 radical (unpaired) electrons. The number of cyclic esters (lactones) is 2. The maximum Gasteiger partial charge on any atom is 0.415 e. The van der Waals surface area contributed by atoms with E-state index in [2.05, 4.69) is 22.0 Å². The summed E-state index contributed by atoms with van der Waals surface area (Å²) in [5.41, 5.74) is 1.20. The van der Waals surface area contributed by atoms with Gasteiger partial charge in [-0.3, -0.25) is 0 Å². The van der Waals surface area contributed by atoms with Crippen LogP contribution in [0.4, 0.5) is 4.79 Å². The fraction of sp³-hybridized carbons (Fsp3) is 0.500. The average Bonchev–Trinajstić information content (AvgIpc) is 3.29. The Bertz CT molecular complexity index is 885. The molecule has 1 amide bonds. The Morgan fingerprint density at radius 2 is 1.90 bits per heavy atom. The molecule has 0 bridgehead atoms. The van der Waals surface area contributed by atoms with Crippen molar-refractivity contribution in [3.05, 3.63) is 47.7 Å². The van der Waals surface area contributed by atoms with E-state index in [0.717, 1.165) is 35.6 Å². The monoisotopic (exact) mass is 398 g/mol. The lowest BCUT2D eigenvalue weighted by Gasteiger charge is -2.39. The van der Waals surface area contributed by atoms with Crippen molar-refractivity contribution in [2.45, 2.75) is 64.0 Å². The highest BCUT2D eigenvalue weighted by Crippen LogP contribution is 2.43. The first-order valence-corrected chi connectivity index (χ1v) is 10.2. The highest BCUT2D eigenvalue weighted by atomic mass is 16.6. The van der Waals surface area contributed by atoms with E-state index in [1.54, 1.807) is 0 Å². The maximum atomic E-state index is 11.6. The number of amides is 1. The first-order chi connectivity index (χ1) is 14.0. The molecular weight excluding hydrogens is 372 g/mol. The minimum absolute atomic E-state index is 0.364. The SMILES string of the molecule is Cc1ocnc1C(C)(Oc1ccc(CC2NC(=O)OC2=O)cc1)C1CCCCC1. The number of hydrogen-bond donors (Lipinski definition) is 1. The summed E-state index contributed by atoms with van der Waals surface area (Å²) >= 11 is 0. The van der Waals surface area contributed by atoms with E-state index in [1.807, 2.05) is 31.2 Å². The molecule has 1 aromatic carbocycles. The van der Waals surface area contributed by atoms with E-state index >= 15 is 0 Å². The number of benzene rings is 1. The fourth-order valence-electron chi connectivity index (χ4n) is 4.46. The van der Waals surface area contributed by atoms with Crippen LogP contribution in [0.5, 0.6) is 5.75 Å². The quantitative estimate of drug-likeness (QED) is 0.583. The lowest BCUT2D eigenvalue weighted by molar-refractivity contribution is -0.135. The lowest BCUT2D eigenvalue weighted by Crippen LogP contribution is -2.40. The molecular formula is C22H26N2O5. The smallest absolute Gasteiger partial charge is 0.415 e. The molecule has 2 atom stereocenters. The number of esters is 1. The summed E-state index contributed by atoms with van der Waals surface area (Å²) in [7, 11) is 0. The fourth-order valence-corrected chi connectivity index (χ4v) is 4.46. The minimum Gasteiger partial charge on any atom is -0.481 e. The van der Waals surface area contributed by atoms with E-state index in [1.165, 1.54) is 25.7 Å². The summed E-state index contributed by atoms with van der Waals surface area (Å²) < 4.78 is 16.6. The molecule has 7 heteroatoms. The van der Waals surface area contributed by atoms with Gasteiger partial charge in [0.25, 0.3) is 0 Å². The van der Waals surface area contributed by atoms with Gasteiger partial charge < -0.3 is 19.2 Å². The summed E-state index contributed by atoms with van der Waals surface area (Å²) in [4.78, 5) is 27.3. The van der Waals surface area contributed by atoms with Crippen LogP contribution < -0.4 is 10.1 Å². The largest absolute Gasteiger partial charge is 0.481 e. The van der Waals surface area contributed by atoms with Gasteiger partial charge in [-0.25, -0.2) is 14.6 Å². The van der Waals surface area contributed by atoms with Gasteiger partial charge in [-0.15, -0.1) is 0 Å². The van der Waals surface area contributed by atoms with Crippen molar-refractivity contribution in [2.75, 3.05) is 0 Å². The van der Waals surface area contributed by atoms with E-state index in [0.29, 0.717) is 12.3 Å². The van der Waals surface area contributed by atoms with Gasteiger partial charge in [0.2, 0.25) is 0 Å². The molecule has 1 N–H and O–H groups in total. The summed E-state index contributed by atoms with van der Waals surface area (Å²) in [5, 5.41) is 2.51. The zero-order chi connectivity index (χ0) is 20.4. The molecule has 2 aromatic rings. The predicted octanol–water partition coefficient (Wildman–Crippen LogP) is 4.04. The number of carbonyl (C=O) groups excluding carboxylic acids is 2. The maximum absolute atomic E-state index is 11.6. The van der Waals surface area contributed by atoms with Gasteiger partial charge in [0.05, 0.1) is 0 Å². The molecule has 1 aromatic heterocycles. The van der Waals surface area contributed by atoms with Crippen molar-refractivity contribution in [2.24, 2.45) is 5.92 Å².